The Morgan fingerprint density at radius 1 is 1.24 bits per heavy atom. The molecular formula is C12H16ClF3N2O2S. The van der Waals surface area contributed by atoms with Gasteiger partial charge in [-0.05, 0) is 25.0 Å². The summed E-state index contributed by atoms with van der Waals surface area (Å²) in [6, 6.07) is 3.88. The van der Waals surface area contributed by atoms with Gasteiger partial charge in [0.25, 0.3) is 0 Å². The predicted molar refractivity (Wildman–Crippen MR) is 74.7 cm³/mol. The lowest BCUT2D eigenvalue weighted by Crippen LogP contribution is -2.45. The molecule has 0 aliphatic carbocycles. The van der Waals surface area contributed by atoms with Gasteiger partial charge in [0.1, 0.15) is 0 Å². The molecule has 9 heteroatoms. The molecule has 0 unspecified atom stereocenters. The van der Waals surface area contributed by atoms with Crippen molar-refractivity contribution < 1.29 is 21.6 Å². The van der Waals surface area contributed by atoms with E-state index < -0.39 is 26.7 Å². The van der Waals surface area contributed by atoms with E-state index in [-0.39, 0.29) is 31.5 Å². The second kappa shape index (κ2) is 6.51. The molecule has 2 rings (SSSR count). The summed E-state index contributed by atoms with van der Waals surface area (Å²) in [5.74, 6) is 0. The van der Waals surface area contributed by atoms with Crippen molar-refractivity contribution in [2.24, 2.45) is 5.73 Å². The largest absolute Gasteiger partial charge is 0.417 e. The summed E-state index contributed by atoms with van der Waals surface area (Å²) in [6.07, 6.45) is -3.48. The lowest BCUT2D eigenvalue weighted by molar-refractivity contribution is -0.139. The van der Waals surface area contributed by atoms with Gasteiger partial charge < -0.3 is 5.73 Å². The van der Waals surface area contributed by atoms with Gasteiger partial charge in [0.05, 0.1) is 10.5 Å². The number of nitrogens with two attached hydrogens (primary N) is 1. The van der Waals surface area contributed by atoms with Crippen LogP contribution in [0.25, 0.3) is 0 Å². The zero-order valence-corrected chi connectivity index (χ0v) is 12.6. The van der Waals surface area contributed by atoms with Crippen LogP contribution in [0, 0.1) is 0 Å². The molecule has 1 saturated heterocycles. The average Bonchev–Trinajstić information content (AvgIpc) is 2.38. The zero-order chi connectivity index (χ0) is 15.0. The second-order valence-electron chi connectivity index (χ2n) is 4.76. The van der Waals surface area contributed by atoms with Gasteiger partial charge in [-0.2, -0.15) is 17.5 Å². The standard InChI is InChI=1S/C12H15F3N2O2S.ClH/c13-12(14,15)10-5-1-2-6-11(10)20(18,19)17-7-3-4-9(16)8-17;/h1-2,5-6,9H,3-4,7-8,16H2;1H/t9-;/m1./s1. The Bertz CT molecular complexity index is 592. The van der Waals surface area contributed by atoms with Crippen LogP contribution in [0.1, 0.15) is 18.4 Å². The minimum absolute atomic E-state index is 0. The van der Waals surface area contributed by atoms with Crippen LogP contribution in [-0.2, 0) is 16.2 Å². The first kappa shape index (κ1) is 18.2. The lowest BCUT2D eigenvalue weighted by Gasteiger charge is -2.30. The third-order valence-electron chi connectivity index (χ3n) is 3.23. The number of benzene rings is 1. The van der Waals surface area contributed by atoms with Gasteiger partial charge in [0.15, 0.2) is 0 Å². The molecule has 1 atom stereocenters. The topological polar surface area (TPSA) is 63.4 Å². The number of piperidine rings is 1. The third-order valence-corrected chi connectivity index (χ3v) is 5.15. The second-order valence-corrected chi connectivity index (χ2v) is 6.67. The Morgan fingerprint density at radius 3 is 2.43 bits per heavy atom. The molecule has 1 aromatic rings. The molecule has 1 aromatic carbocycles. The van der Waals surface area contributed by atoms with Gasteiger partial charge in [0, 0.05) is 19.1 Å². The van der Waals surface area contributed by atoms with Crippen LogP contribution in [0.15, 0.2) is 29.2 Å². The lowest BCUT2D eigenvalue weighted by atomic mass is 10.1. The molecule has 0 radical (unpaired) electrons. The predicted octanol–water partition coefficient (Wildman–Crippen LogP) is 2.24. The SMILES string of the molecule is Cl.N[C@@H]1CCCN(S(=O)(=O)c2ccccc2C(F)(F)F)C1. The first-order valence-electron chi connectivity index (χ1n) is 6.15. The molecule has 0 spiro atoms. The van der Waals surface area contributed by atoms with E-state index in [1.807, 2.05) is 0 Å². The van der Waals surface area contributed by atoms with Crippen molar-refractivity contribution in [1.29, 1.82) is 0 Å². The summed E-state index contributed by atoms with van der Waals surface area (Å²) in [6.45, 7) is 0.247. The molecule has 1 aliphatic heterocycles. The summed E-state index contributed by atoms with van der Waals surface area (Å²) >= 11 is 0. The van der Waals surface area contributed by atoms with Gasteiger partial charge in [-0.15, -0.1) is 12.4 Å². The highest BCUT2D eigenvalue weighted by atomic mass is 35.5. The maximum atomic E-state index is 12.9. The first-order valence-corrected chi connectivity index (χ1v) is 7.59. The van der Waals surface area contributed by atoms with Crippen molar-refractivity contribution in [2.75, 3.05) is 13.1 Å². The molecule has 1 aliphatic rings. The molecule has 0 aromatic heterocycles. The van der Waals surface area contributed by atoms with E-state index in [0.717, 1.165) is 16.4 Å². The maximum Gasteiger partial charge on any atom is 0.417 e. The Kier molecular flexibility index (Phi) is 5.65. The average molecular weight is 345 g/mol. The maximum absolute atomic E-state index is 12.9. The minimum atomic E-state index is -4.71. The molecular weight excluding hydrogens is 329 g/mol. The number of hydrogen-bond donors (Lipinski definition) is 1. The van der Waals surface area contributed by atoms with Crippen molar-refractivity contribution >= 4 is 22.4 Å². The number of nitrogens with zero attached hydrogens (tertiary/aromatic N) is 1. The molecule has 0 amide bonds. The molecule has 120 valence electrons. The molecule has 4 nitrogen and oxygen atoms in total. The van der Waals surface area contributed by atoms with E-state index in [1.165, 1.54) is 12.1 Å². The van der Waals surface area contributed by atoms with Crippen molar-refractivity contribution in [3.8, 4) is 0 Å². The Hall–Kier alpha value is -0.830. The Labute approximate surface area is 127 Å². The van der Waals surface area contributed by atoms with E-state index in [4.69, 9.17) is 5.73 Å². The van der Waals surface area contributed by atoms with Crippen LogP contribution in [0.2, 0.25) is 0 Å². The highest BCUT2D eigenvalue weighted by Crippen LogP contribution is 2.35. The van der Waals surface area contributed by atoms with E-state index in [9.17, 15) is 21.6 Å². The third kappa shape index (κ3) is 3.88. The monoisotopic (exact) mass is 344 g/mol. The number of rotatable bonds is 2. The van der Waals surface area contributed by atoms with Gasteiger partial charge >= 0.3 is 6.18 Å². The van der Waals surface area contributed by atoms with Crippen LogP contribution in [0.5, 0.6) is 0 Å². The Balaban J connectivity index is 0.00000220. The van der Waals surface area contributed by atoms with E-state index in [1.54, 1.807) is 0 Å². The smallest absolute Gasteiger partial charge is 0.327 e. The van der Waals surface area contributed by atoms with Crippen LogP contribution in [-0.4, -0.2) is 31.9 Å². The summed E-state index contributed by atoms with van der Waals surface area (Å²) in [4.78, 5) is -0.707. The van der Waals surface area contributed by atoms with Crippen LogP contribution in [0.3, 0.4) is 0 Å². The fourth-order valence-corrected chi connectivity index (χ4v) is 4.00. The van der Waals surface area contributed by atoms with Crippen LogP contribution < -0.4 is 5.73 Å². The fraction of sp³-hybridized carbons (Fsp3) is 0.500. The zero-order valence-electron chi connectivity index (χ0n) is 11.0. The molecule has 0 saturated carbocycles. The number of halogens is 4. The van der Waals surface area contributed by atoms with Crippen molar-refractivity contribution in [3.05, 3.63) is 29.8 Å². The molecule has 2 N–H and O–H groups in total. The van der Waals surface area contributed by atoms with Gasteiger partial charge in [-0.3, -0.25) is 0 Å². The Morgan fingerprint density at radius 2 is 1.86 bits per heavy atom. The van der Waals surface area contributed by atoms with Crippen molar-refractivity contribution in [1.82, 2.24) is 4.31 Å². The van der Waals surface area contributed by atoms with Gasteiger partial charge in [0.2, 0.25) is 10.0 Å². The highest BCUT2D eigenvalue weighted by Gasteiger charge is 2.39. The van der Waals surface area contributed by atoms with E-state index >= 15 is 0 Å². The highest BCUT2D eigenvalue weighted by molar-refractivity contribution is 7.89. The quantitative estimate of drug-likeness (QED) is 0.895. The van der Waals surface area contributed by atoms with Crippen LogP contribution in [0.4, 0.5) is 13.2 Å². The fourth-order valence-electron chi connectivity index (χ4n) is 2.26. The number of hydrogen-bond acceptors (Lipinski definition) is 3. The number of alkyl halides is 3. The number of sulfonamides is 1. The van der Waals surface area contributed by atoms with Crippen molar-refractivity contribution in [2.45, 2.75) is 30.0 Å². The van der Waals surface area contributed by atoms with Crippen LogP contribution >= 0.6 is 12.4 Å². The normalized spacial score (nSPS) is 20.9. The van der Waals surface area contributed by atoms with E-state index in [2.05, 4.69) is 0 Å². The van der Waals surface area contributed by atoms with Crippen molar-refractivity contribution in [3.63, 3.8) is 0 Å². The molecule has 1 fully saturated rings. The summed E-state index contributed by atoms with van der Waals surface area (Å²) < 4.78 is 64.5. The molecule has 21 heavy (non-hydrogen) atoms. The summed E-state index contributed by atoms with van der Waals surface area (Å²) in [7, 11) is -4.18. The molecule has 1 heterocycles. The summed E-state index contributed by atoms with van der Waals surface area (Å²) in [5.41, 5.74) is 4.56. The first-order chi connectivity index (χ1) is 9.23. The minimum Gasteiger partial charge on any atom is -0.327 e. The van der Waals surface area contributed by atoms with E-state index in [0.29, 0.717) is 12.8 Å². The summed E-state index contributed by atoms with van der Waals surface area (Å²) in [5, 5.41) is 0. The van der Waals surface area contributed by atoms with Gasteiger partial charge in [-0.25, -0.2) is 8.42 Å². The van der Waals surface area contributed by atoms with Gasteiger partial charge in [-0.1, -0.05) is 12.1 Å². The molecule has 0 bridgehead atoms.